The van der Waals surface area contributed by atoms with Gasteiger partial charge < -0.3 is 5.84 Å². The first kappa shape index (κ1) is 17.0. The zero-order valence-electron chi connectivity index (χ0n) is 14.0. The number of hydrazone groups is 1. The highest BCUT2D eigenvalue weighted by molar-refractivity contribution is 7.98. The molecule has 0 saturated heterocycles. The minimum Gasteiger partial charge on any atom is -0.334 e. The van der Waals surface area contributed by atoms with E-state index in [0.29, 0.717) is 11.1 Å². The quantitative estimate of drug-likeness (QED) is 0.306. The van der Waals surface area contributed by atoms with Crippen molar-refractivity contribution in [3.63, 3.8) is 0 Å². The Morgan fingerprint density at radius 3 is 2.60 bits per heavy atom. The number of thioether (sulfide) groups is 1. The standard InChI is InChI=1S/C17H19N7S/c1-12-3-5-14(6-4-12)11-25-17-23-22-16(24(17)18)21-20-13(2)15-7-9-19-10-8-15/h3-10H,11,18H2,1-2H3,(H,21,22)/b20-13+. The van der Waals surface area contributed by atoms with Crippen LogP contribution in [0, 0.1) is 6.92 Å². The average molecular weight is 353 g/mol. The molecule has 2 heterocycles. The Balaban J connectivity index is 1.64. The largest absolute Gasteiger partial charge is 0.334 e. The van der Waals surface area contributed by atoms with Crippen LogP contribution in [0.4, 0.5) is 5.95 Å². The molecule has 3 rings (SSSR count). The second-order valence-corrected chi connectivity index (χ2v) is 6.44. The summed E-state index contributed by atoms with van der Waals surface area (Å²) in [5.74, 6) is 7.21. The zero-order valence-corrected chi connectivity index (χ0v) is 14.9. The first-order valence-electron chi connectivity index (χ1n) is 7.73. The maximum Gasteiger partial charge on any atom is 0.264 e. The van der Waals surface area contributed by atoms with E-state index < -0.39 is 0 Å². The number of hydrogen-bond donors (Lipinski definition) is 2. The van der Waals surface area contributed by atoms with Crippen molar-refractivity contribution < 1.29 is 0 Å². The number of pyridine rings is 1. The summed E-state index contributed by atoms with van der Waals surface area (Å²) >= 11 is 1.53. The summed E-state index contributed by atoms with van der Waals surface area (Å²) in [5.41, 5.74) is 7.08. The van der Waals surface area contributed by atoms with Gasteiger partial charge in [-0.2, -0.15) is 5.10 Å². The Morgan fingerprint density at radius 1 is 1.16 bits per heavy atom. The summed E-state index contributed by atoms with van der Waals surface area (Å²) in [6.45, 7) is 3.96. The number of anilines is 1. The van der Waals surface area contributed by atoms with Gasteiger partial charge in [-0.25, -0.2) is 10.1 Å². The highest BCUT2D eigenvalue weighted by atomic mass is 32.2. The van der Waals surface area contributed by atoms with Crippen molar-refractivity contribution in [1.29, 1.82) is 0 Å². The predicted molar refractivity (Wildman–Crippen MR) is 101 cm³/mol. The number of nitrogens with two attached hydrogens (primary N) is 1. The minimum atomic E-state index is 0.389. The van der Waals surface area contributed by atoms with Gasteiger partial charge in [0.1, 0.15) is 0 Å². The molecule has 128 valence electrons. The summed E-state index contributed by atoms with van der Waals surface area (Å²) < 4.78 is 1.40. The molecule has 1 aromatic carbocycles. The van der Waals surface area contributed by atoms with Crippen LogP contribution in [0.5, 0.6) is 0 Å². The third-order valence-electron chi connectivity index (χ3n) is 3.57. The fraction of sp³-hybridized carbons (Fsp3) is 0.176. The molecule has 0 radical (unpaired) electrons. The van der Waals surface area contributed by atoms with Gasteiger partial charge in [0.15, 0.2) is 0 Å². The molecule has 0 fully saturated rings. The second-order valence-electron chi connectivity index (χ2n) is 5.50. The van der Waals surface area contributed by atoms with Gasteiger partial charge in [-0.1, -0.05) is 41.6 Å². The number of rotatable bonds is 6. The van der Waals surface area contributed by atoms with Crippen LogP contribution in [0.3, 0.4) is 0 Å². The molecule has 25 heavy (non-hydrogen) atoms. The van der Waals surface area contributed by atoms with Gasteiger partial charge in [0, 0.05) is 23.7 Å². The van der Waals surface area contributed by atoms with E-state index in [1.807, 2.05) is 19.1 Å². The highest BCUT2D eigenvalue weighted by Gasteiger charge is 2.10. The molecule has 0 bridgehead atoms. The molecule has 0 saturated carbocycles. The van der Waals surface area contributed by atoms with Gasteiger partial charge in [0.05, 0.1) is 5.71 Å². The molecule has 0 aliphatic rings. The molecule has 2 aromatic heterocycles. The molecule has 3 N–H and O–H groups in total. The van der Waals surface area contributed by atoms with E-state index in [1.54, 1.807) is 12.4 Å². The molecule has 8 heteroatoms. The first-order chi connectivity index (χ1) is 12.1. The van der Waals surface area contributed by atoms with Crippen LogP contribution in [0.2, 0.25) is 0 Å². The lowest BCUT2D eigenvalue weighted by Gasteiger charge is -2.04. The van der Waals surface area contributed by atoms with Gasteiger partial charge >= 0.3 is 0 Å². The van der Waals surface area contributed by atoms with Crippen molar-refractivity contribution >= 4 is 23.4 Å². The zero-order chi connectivity index (χ0) is 17.6. The van der Waals surface area contributed by atoms with Crippen molar-refractivity contribution in [2.75, 3.05) is 11.3 Å². The van der Waals surface area contributed by atoms with Crippen LogP contribution in [0.25, 0.3) is 0 Å². The molecular formula is C17H19N7S. The fourth-order valence-corrected chi connectivity index (χ4v) is 2.89. The van der Waals surface area contributed by atoms with Crippen molar-refractivity contribution in [1.82, 2.24) is 19.9 Å². The van der Waals surface area contributed by atoms with Crippen molar-refractivity contribution in [2.45, 2.75) is 24.8 Å². The van der Waals surface area contributed by atoms with Crippen LogP contribution >= 0.6 is 11.8 Å². The number of aryl methyl sites for hydroxylation is 1. The van der Waals surface area contributed by atoms with Gasteiger partial charge in [0.2, 0.25) is 5.16 Å². The van der Waals surface area contributed by atoms with Crippen molar-refractivity contribution in [2.24, 2.45) is 5.10 Å². The van der Waals surface area contributed by atoms with Crippen LogP contribution < -0.4 is 11.3 Å². The normalized spacial score (nSPS) is 11.5. The summed E-state index contributed by atoms with van der Waals surface area (Å²) in [7, 11) is 0. The van der Waals surface area contributed by atoms with Crippen LogP contribution in [-0.2, 0) is 5.75 Å². The molecule has 0 atom stereocenters. The van der Waals surface area contributed by atoms with Crippen molar-refractivity contribution in [3.8, 4) is 0 Å². The monoisotopic (exact) mass is 353 g/mol. The number of benzene rings is 1. The lowest BCUT2D eigenvalue weighted by atomic mass is 10.2. The molecule has 3 aromatic rings. The Bertz CT molecular complexity index is 856. The topological polar surface area (TPSA) is 94.0 Å². The Kier molecular flexibility index (Phi) is 5.30. The average Bonchev–Trinajstić information content (AvgIpc) is 3.00. The number of nitrogens with zero attached hydrogens (tertiary/aromatic N) is 5. The molecule has 0 amide bonds. The van der Waals surface area contributed by atoms with Gasteiger partial charge in [-0.3, -0.25) is 4.98 Å². The van der Waals surface area contributed by atoms with Crippen LogP contribution in [-0.4, -0.2) is 25.6 Å². The first-order valence-corrected chi connectivity index (χ1v) is 8.71. The summed E-state index contributed by atoms with van der Waals surface area (Å²) in [4.78, 5) is 3.99. The maximum absolute atomic E-state index is 6.05. The van der Waals surface area contributed by atoms with E-state index in [1.165, 1.54) is 27.6 Å². The predicted octanol–water partition coefficient (Wildman–Crippen LogP) is 2.82. The molecule has 0 spiro atoms. The fourth-order valence-electron chi connectivity index (χ4n) is 2.08. The molecule has 0 aliphatic heterocycles. The van der Waals surface area contributed by atoms with Crippen LogP contribution in [0.1, 0.15) is 23.6 Å². The summed E-state index contributed by atoms with van der Waals surface area (Å²) in [6, 6.07) is 12.1. The second kappa shape index (κ2) is 7.80. The maximum atomic E-state index is 6.05. The summed E-state index contributed by atoms with van der Waals surface area (Å²) in [5, 5.41) is 13.1. The smallest absolute Gasteiger partial charge is 0.264 e. The van der Waals surface area contributed by atoms with Crippen molar-refractivity contribution in [3.05, 3.63) is 65.5 Å². The van der Waals surface area contributed by atoms with Gasteiger partial charge in [0.25, 0.3) is 5.95 Å². The van der Waals surface area contributed by atoms with Gasteiger partial charge in [-0.05, 0) is 31.5 Å². The number of nitrogens with one attached hydrogen (secondary N) is 1. The lowest BCUT2D eigenvalue weighted by molar-refractivity contribution is 0.846. The van der Waals surface area contributed by atoms with Gasteiger partial charge in [-0.15, -0.1) is 10.2 Å². The SMILES string of the molecule is C/C(=N\Nc1nnc(SCc2ccc(C)cc2)n1N)c1ccncc1. The third-order valence-corrected chi connectivity index (χ3v) is 4.59. The lowest BCUT2D eigenvalue weighted by Crippen LogP contribution is -2.13. The van der Waals surface area contributed by atoms with E-state index in [4.69, 9.17) is 5.84 Å². The Morgan fingerprint density at radius 2 is 1.88 bits per heavy atom. The van der Waals surface area contributed by atoms with E-state index in [9.17, 15) is 0 Å². The Hall–Kier alpha value is -2.87. The van der Waals surface area contributed by atoms with E-state index >= 15 is 0 Å². The van der Waals surface area contributed by atoms with Crippen LogP contribution in [0.15, 0.2) is 59.0 Å². The molecule has 0 aliphatic carbocycles. The summed E-state index contributed by atoms with van der Waals surface area (Å²) in [6.07, 6.45) is 3.44. The third kappa shape index (κ3) is 4.36. The van der Waals surface area contributed by atoms with E-state index in [2.05, 4.69) is 56.9 Å². The highest BCUT2D eigenvalue weighted by Crippen LogP contribution is 2.21. The number of aromatic nitrogens is 4. The molecular weight excluding hydrogens is 334 g/mol. The minimum absolute atomic E-state index is 0.389. The molecule has 7 nitrogen and oxygen atoms in total. The number of hydrogen-bond acceptors (Lipinski definition) is 7. The van der Waals surface area contributed by atoms with E-state index in [0.717, 1.165) is 17.0 Å². The van der Waals surface area contributed by atoms with E-state index in [-0.39, 0.29) is 0 Å². The molecule has 0 unspecified atom stereocenters. The Labute approximate surface area is 150 Å². The number of nitrogen functional groups attached to an aromatic ring is 1.